The van der Waals surface area contributed by atoms with Crippen molar-refractivity contribution in [2.45, 2.75) is 32.7 Å². The summed E-state index contributed by atoms with van der Waals surface area (Å²) in [4.78, 5) is 11.4. The standard InChI is InChI=1S/C12H15NO/c1-12(2,3)9-5-4-8-7-13-11(14)10(8)6-9/h4-6H,7H2,1-3H3,(H,13,14). The number of fused-ring (bicyclic) bond motifs is 1. The van der Waals surface area contributed by atoms with E-state index in [1.165, 1.54) is 5.56 Å². The fraction of sp³-hybridized carbons (Fsp3) is 0.417. The molecule has 0 unspecified atom stereocenters. The van der Waals surface area contributed by atoms with E-state index in [0.29, 0.717) is 6.54 Å². The van der Waals surface area contributed by atoms with E-state index < -0.39 is 0 Å². The third kappa shape index (κ3) is 1.41. The molecule has 1 aliphatic rings. The molecule has 1 amide bonds. The number of hydrogen-bond acceptors (Lipinski definition) is 1. The Balaban J connectivity index is 2.50. The molecular formula is C12H15NO. The fourth-order valence-electron chi connectivity index (χ4n) is 1.68. The minimum Gasteiger partial charge on any atom is -0.348 e. The van der Waals surface area contributed by atoms with Crippen molar-refractivity contribution in [1.82, 2.24) is 5.32 Å². The molecule has 1 aromatic rings. The van der Waals surface area contributed by atoms with Crippen molar-refractivity contribution in [2.75, 3.05) is 0 Å². The number of carbonyl (C=O) groups excluding carboxylic acids is 1. The van der Waals surface area contributed by atoms with Crippen molar-refractivity contribution in [3.8, 4) is 0 Å². The Kier molecular flexibility index (Phi) is 1.88. The third-order valence-electron chi connectivity index (χ3n) is 2.66. The molecule has 0 radical (unpaired) electrons. The van der Waals surface area contributed by atoms with Crippen LogP contribution in [0.25, 0.3) is 0 Å². The van der Waals surface area contributed by atoms with Gasteiger partial charge in [-0.3, -0.25) is 4.79 Å². The van der Waals surface area contributed by atoms with Crippen LogP contribution in [0.5, 0.6) is 0 Å². The molecule has 0 aromatic heterocycles. The Morgan fingerprint density at radius 3 is 2.64 bits per heavy atom. The van der Waals surface area contributed by atoms with Gasteiger partial charge in [0.15, 0.2) is 0 Å². The summed E-state index contributed by atoms with van der Waals surface area (Å²) in [6.07, 6.45) is 0. The van der Waals surface area contributed by atoms with Crippen LogP contribution in [0, 0.1) is 0 Å². The Labute approximate surface area is 84.3 Å². The van der Waals surface area contributed by atoms with Crippen LogP contribution < -0.4 is 5.32 Å². The SMILES string of the molecule is CC(C)(C)c1ccc2c(c1)C(=O)NC2. The molecule has 0 bridgehead atoms. The minimum absolute atomic E-state index is 0.0612. The molecule has 0 aliphatic carbocycles. The first-order valence-corrected chi connectivity index (χ1v) is 4.90. The second-order valence-corrected chi connectivity index (χ2v) is 4.80. The van der Waals surface area contributed by atoms with Gasteiger partial charge >= 0.3 is 0 Å². The smallest absolute Gasteiger partial charge is 0.251 e. The van der Waals surface area contributed by atoms with Crippen LogP contribution in [0.1, 0.15) is 42.3 Å². The van der Waals surface area contributed by atoms with Crippen molar-refractivity contribution in [3.05, 3.63) is 34.9 Å². The van der Waals surface area contributed by atoms with Crippen molar-refractivity contribution in [2.24, 2.45) is 0 Å². The van der Waals surface area contributed by atoms with Crippen LogP contribution in [0.3, 0.4) is 0 Å². The summed E-state index contributed by atoms with van der Waals surface area (Å²) in [6.45, 7) is 7.14. The zero-order valence-corrected chi connectivity index (χ0v) is 8.85. The summed E-state index contributed by atoms with van der Waals surface area (Å²) < 4.78 is 0. The lowest BCUT2D eigenvalue weighted by atomic mass is 9.85. The normalized spacial score (nSPS) is 15.2. The van der Waals surface area contributed by atoms with E-state index in [-0.39, 0.29) is 11.3 Å². The van der Waals surface area contributed by atoms with Crippen molar-refractivity contribution in [1.29, 1.82) is 0 Å². The van der Waals surface area contributed by atoms with E-state index in [9.17, 15) is 4.79 Å². The first-order chi connectivity index (χ1) is 6.48. The van der Waals surface area contributed by atoms with Gasteiger partial charge in [-0.2, -0.15) is 0 Å². The number of rotatable bonds is 0. The minimum atomic E-state index is 0.0612. The Hall–Kier alpha value is -1.31. The molecule has 1 aromatic carbocycles. The second-order valence-electron chi connectivity index (χ2n) is 4.80. The maximum atomic E-state index is 11.4. The molecule has 1 N–H and O–H groups in total. The molecule has 1 heterocycles. The fourth-order valence-corrected chi connectivity index (χ4v) is 1.68. The summed E-state index contributed by atoms with van der Waals surface area (Å²) in [5, 5.41) is 2.82. The highest BCUT2D eigenvalue weighted by molar-refractivity contribution is 5.98. The number of hydrogen-bond donors (Lipinski definition) is 1. The summed E-state index contributed by atoms with van der Waals surface area (Å²) in [5.41, 5.74) is 3.28. The summed E-state index contributed by atoms with van der Waals surface area (Å²) in [7, 11) is 0. The van der Waals surface area contributed by atoms with Gasteiger partial charge in [0, 0.05) is 12.1 Å². The lowest BCUT2D eigenvalue weighted by Crippen LogP contribution is -2.14. The highest BCUT2D eigenvalue weighted by Gasteiger charge is 2.22. The molecule has 2 nitrogen and oxygen atoms in total. The van der Waals surface area contributed by atoms with Crippen LogP contribution in [0.15, 0.2) is 18.2 Å². The maximum absolute atomic E-state index is 11.4. The van der Waals surface area contributed by atoms with Gasteiger partial charge in [-0.05, 0) is 22.6 Å². The molecule has 0 saturated heterocycles. The van der Waals surface area contributed by atoms with Crippen molar-refractivity contribution >= 4 is 5.91 Å². The average molecular weight is 189 g/mol. The molecule has 0 spiro atoms. The van der Waals surface area contributed by atoms with Crippen molar-refractivity contribution < 1.29 is 4.79 Å². The lowest BCUT2D eigenvalue weighted by Gasteiger charge is -2.19. The maximum Gasteiger partial charge on any atom is 0.251 e. The topological polar surface area (TPSA) is 29.1 Å². The summed E-state index contributed by atoms with van der Waals surface area (Å²) in [5.74, 6) is 0.0612. The van der Waals surface area contributed by atoms with E-state index in [1.807, 2.05) is 12.1 Å². The first-order valence-electron chi connectivity index (χ1n) is 4.90. The molecule has 14 heavy (non-hydrogen) atoms. The van der Waals surface area contributed by atoms with E-state index in [1.54, 1.807) is 0 Å². The highest BCUT2D eigenvalue weighted by atomic mass is 16.1. The molecule has 2 rings (SSSR count). The van der Waals surface area contributed by atoms with Crippen molar-refractivity contribution in [3.63, 3.8) is 0 Å². The molecule has 1 aliphatic heterocycles. The van der Waals surface area contributed by atoms with E-state index in [4.69, 9.17) is 0 Å². The van der Waals surface area contributed by atoms with Gasteiger partial charge in [-0.15, -0.1) is 0 Å². The highest BCUT2D eigenvalue weighted by Crippen LogP contribution is 2.26. The van der Waals surface area contributed by atoms with Gasteiger partial charge in [0.2, 0.25) is 0 Å². The lowest BCUT2D eigenvalue weighted by molar-refractivity contribution is 0.0965. The Morgan fingerprint density at radius 2 is 2.00 bits per heavy atom. The van der Waals surface area contributed by atoms with Crippen LogP contribution in [0.4, 0.5) is 0 Å². The average Bonchev–Trinajstić information content (AvgIpc) is 2.46. The van der Waals surface area contributed by atoms with Crippen LogP contribution >= 0.6 is 0 Å². The zero-order chi connectivity index (χ0) is 10.3. The Morgan fingerprint density at radius 1 is 1.29 bits per heavy atom. The molecule has 74 valence electrons. The van der Waals surface area contributed by atoms with Crippen LogP contribution in [-0.4, -0.2) is 5.91 Å². The number of amides is 1. The van der Waals surface area contributed by atoms with Gasteiger partial charge in [0.05, 0.1) is 0 Å². The van der Waals surface area contributed by atoms with E-state index in [2.05, 4.69) is 32.2 Å². The number of carbonyl (C=O) groups is 1. The predicted molar refractivity (Wildman–Crippen MR) is 56.3 cm³/mol. The van der Waals surface area contributed by atoms with Crippen LogP contribution in [0.2, 0.25) is 0 Å². The quantitative estimate of drug-likeness (QED) is 0.666. The Bertz CT molecular complexity index is 388. The van der Waals surface area contributed by atoms with E-state index in [0.717, 1.165) is 11.1 Å². The zero-order valence-electron chi connectivity index (χ0n) is 8.85. The third-order valence-corrected chi connectivity index (χ3v) is 2.66. The first kappa shape index (κ1) is 9.25. The van der Waals surface area contributed by atoms with Gasteiger partial charge in [-0.25, -0.2) is 0 Å². The van der Waals surface area contributed by atoms with Gasteiger partial charge in [-0.1, -0.05) is 32.9 Å². The molecular weight excluding hydrogens is 174 g/mol. The molecule has 0 saturated carbocycles. The van der Waals surface area contributed by atoms with Gasteiger partial charge in [0.25, 0.3) is 5.91 Å². The molecule has 0 atom stereocenters. The molecule has 2 heteroatoms. The number of nitrogens with one attached hydrogen (secondary N) is 1. The molecule has 0 fully saturated rings. The largest absolute Gasteiger partial charge is 0.348 e. The van der Waals surface area contributed by atoms with Crippen LogP contribution in [-0.2, 0) is 12.0 Å². The van der Waals surface area contributed by atoms with Gasteiger partial charge in [0.1, 0.15) is 0 Å². The number of benzene rings is 1. The van der Waals surface area contributed by atoms with Gasteiger partial charge < -0.3 is 5.32 Å². The summed E-state index contributed by atoms with van der Waals surface area (Å²) in [6, 6.07) is 6.17. The summed E-state index contributed by atoms with van der Waals surface area (Å²) >= 11 is 0. The monoisotopic (exact) mass is 189 g/mol. The second kappa shape index (κ2) is 2.84. The predicted octanol–water partition coefficient (Wildman–Crippen LogP) is 2.23. The van der Waals surface area contributed by atoms with E-state index >= 15 is 0 Å².